The van der Waals surface area contributed by atoms with Gasteiger partial charge in [0.15, 0.2) is 0 Å². The van der Waals surface area contributed by atoms with Gasteiger partial charge in [0.25, 0.3) is 0 Å². The minimum absolute atomic E-state index is 0.366. The number of rotatable bonds is 2. The van der Waals surface area contributed by atoms with Gasteiger partial charge in [0.1, 0.15) is 0 Å². The van der Waals surface area contributed by atoms with Crippen molar-refractivity contribution < 1.29 is 9.53 Å². The molecule has 0 spiro atoms. The number of esters is 1. The van der Waals surface area contributed by atoms with Crippen molar-refractivity contribution in [1.82, 2.24) is 0 Å². The molecule has 104 valence electrons. The molecule has 0 amide bonds. The molecule has 1 aliphatic carbocycles. The summed E-state index contributed by atoms with van der Waals surface area (Å²) >= 11 is 6.06. The minimum Gasteiger partial charge on any atom is -0.466 e. The average Bonchev–Trinajstić information content (AvgIpc) is 2.85. The molecule has 3 rings (SSSR count). The van der Waals surface area contributed by atoms with Gasteiger partial charge in [0.05, 0.1) is 7.11 Å². The van der Waals surface area contributed by atoms with Crippen molar-refractivity contribution in [1.29, 1.82) is 0 Å². The fourth-order valence-electron chi connectivity index (χ4n) is 2.47. The van der Waals surface area contributed by atoms with E-state index in [9.17, 15) is 4.79 Å². The van der Waals surface area contributed by atoms with Crippen LogP contribution in [0.25, 0.3) is 17.2 Å². The Labute approximate surface area is 128 Å². The van der Waals surface area contributed by atoms with Crippen molar-refractivity contribution in [2.24, 2.45) is 0 Å². The third kappa shape index (κ3) is 2.63. The van der Waals surface area contributed by atoms with Crippen LogP contribution in [0.3, 0.4) is 0 Å². The highest BCUT2D eigenvalue weighted by atomic mass is 35.5. The molecule has 0 saturated heterocycles. The average molecular weight is 297 g/mol. The zero-order valence-corrected chi connectivity index (χ0v) is 12.2. The van der Waals surface area contributed by atoms with E-state index in [2.05, 4.69) is 0 Å². The van der Waals surface area contributed by atoms with Crippen LogP contribution in [0, 0.1) is 0 Å². The molecular formula is C18H13ClO2. The molecule has 0 atom stereocenters. The van der Waals surface area contributed by atoms with Gasteiger partial charge in [-0.15, -0.1) is 0 Å². The summed E-state index contributed by atoms with van der Waals surface area (Å²) < 4.78 is 4.77. The molecule has 2 nitrogen and oxygen atoms in total. The first-order chi connectivity index (χ1) is 10.2. The maximum atomic E-state index is 11.7. The second kappa shape index (κ2) is 5.58. The van der Waals surface area contributed by atoms with Crippen LogP contribution in [0.4, 0.5) is 0 Å². The van der Waals surface area contributed by atoms with Gasteiger partial charge < -0.3 is 4.74 Å². The number of methoxy groups -OCH3 is 1. The Morgan fingerprint density at radius 1 is 1.14 bits per heavy atom. The molecule has 0 aromatic heterocycles. The fourth-order valence-corrected chi connectivity index (χ4v) is 2.65. The van der Waals surface area contributed by atoms with E-state index < -0.39 is 0 Å². The molecule has 0 bridgehead atoms. The number of fused-ring (bicyclic) bond motifs is 1. The standard InChI is InChI=1S/C18H13ClO2/c1-21-18(20)11-17-15-8-7-14(19)9-13(15)10-16(17)12-5-3-2-4-6-12/h2-11H,1H3/b17-11+. The lowest BCUT2D eigenvalue weighted by Crippen LogP contribution is -1.97. The third-order valence-electron chi connectivity index (χ3n) is 3.44. The zero-order valence-electron chi connectivity index (χ0n) is 11.5. The molecule has 0 saturated carbocycles. The van der Waals surface area contributed by atoms with E-state index in [-0.39, 0.29) is 5.97 Å². The van der Waals surface area contributed by atoms with Crippen LogP contribution in [0.1, 0.15) is 16.7 Å². The van der Waals surface area contributed by atoms with E-state index in [0.29, 0.717) is 5.02 Å². The second-order valence-corrected chi connectivity index (χ2v) is 5.17. The molecular weight excluding hydrogens is 284 g/mol. The second-order valence-electron chi connectivity index (χ2n) is 4.74. The predicted molar refractivity (Wildman–Crippen MR) is 85.8 cm³/mol. The topological polar surface area (TPSA) is 26.3 Å². The summed E-state index contributed by atoms with van der Waals surface area (Å²) in [5.74, 6) is -0.366. The van der Waals surface area contributed by atoms with E-state index in [1.54, 1.807) is 0 Å². The number of hydrogen-bond donors (Lipinski definition) is 0. The lowest BCUT2D eigenvalue weighted by Gasteiger charge is -2.07. The Bertz CT molecular complexity index is 758. The Kier molecular flexibility index (Phi) is 3.63. The predicted octanol–water partition coefficient (Wildman–Crippen LogP) is 4.45. The zero-order chi connectivity index (χ0) is 14.8. The number of carbonyl (C=O) groups excluding carboxylic acids is 1. The Hall–Kier alpha value is -2.32. The highest BCUT2D eigenvalue weighted by molar-refractivity contribution is 6.31. The molecule has 0 fully saturated rings. The molecule has 0 heterocycles. The first-order valence-corrected chi connectivity index (χ1v) is 6.94. The van der Waals surface area contributed by atoms with Crippen molar-refractivity contribution in [3.05, 3.63) is 76.3 Å². The fraction of sp³-hybridized carbons (Fsp3) is 0.0556. The summed E-state index contributed by atoms with van der Waals surface area (Å²) in [5, 5.41) is 0.678. The summed E-state index contributed by atoms with van der Waals surface area (Å²) in [7, 11) is 1.38. The van der Waals surface area contributed by atoms with E-state index in [1.807, 2.05) is 54.6 Å². The summed E-state index contributed by atoms with van der Waals surface area (Å²) in [6, 6.07) is 15.6. The smallest absolute Gasteiger partial charge is 0.331 e. The van der Waals surface area contributed by atoms with Crippen LogP contribution in [0.2, 0.25) is 5.02 Å². The third-order valence-corrected chi connectivity index (χ3v) is 3.68. The lowest BCUT2D eigenvalue weighted by atomic mass is 9.97. The summed E-state index contributed by atoms with van der Waals surface area (Å²) in [6.45, 7) is 0. The Morgan fingerprint density at radius 2 is 1.90 bits per heavy atom. The van der Waals surface area contributed by atoms with Gasteiger partial charge in [-0.25, -0.2) is 4.79 Å². The van der Waals surface area contributed by atoms with Crippen molar-refractivity contribution in [2.75, 3.05) is 7.11 Å². The normalized spacial score (nSPS) is 14.8. The Balaban J connectivity index is 2.17. The first kappa shape index (κ1) is 13.7. The molecule has 0 radical (unpaired) electrons. The van der Waals surface area contributed by atoms with Crippen molar-refractivity contribution >= 4 is 34.8 Å². The van der Waals surface area contributed by atoms with E-state index in [1.165, 1.54) is 13.2 Å². The number of hydrogen-bond acceptors (Lipinski definition) is 2. The van der Waals surface area contributed by atoms with Crippen LogP contribution >= 0.6 is 11.6 Å². The number of allylic oxidation sites excluding steroid dienone is 2. The molecule has 1 aliphatic rings. The summed E-state index contributed by atoms with van der Waals surface area (Å²) in [4.78, 5) is 11.7. The van der Waals surface area contributed by atoms with Crippen molar-refractivity contribution in [3.8, 4) is 0 Å². The maximum Gasteiger partial charge on any atom is 0.331 e. The quantitative estimate of drug-likeness (QED) is 0.604. The monoisotopic (exact) mass is 296 g/mol. The van der Waals surface area contributed by atoms with Gasteiger partial charge in [0, 0.05) is 11.1 Å². The van der Waals surface area contributed by atoms with E-state index in [4.69, 9.17) is 16.3 Å². The van der Waals surface area contributed by atoms with Gasteiger partial charge in [-0.05, 0) is 46.0 Å². The van der Waals surface area contributed by atoms with Crippen LogP contribution in [0.5, 0.6) is 0 Å². The number of benzene rings is 2. The van der Waals surface area contributed by atoms with Gasteiger partial charge in [-0.2, -0.15) is 0 Å². The highest BCUT2D eigenvalue weighted by Crippen LogP contribution is 2.41. The molecule has 2 aromatic rings. The molecule has 2 aromatic carbocycles. The van der Waals surface area contributed by atoms with Crippen molar-refractivity contribution in [2.45, 2.75) is 0 Å². The largest absolute Gasteiger partial charge is 0.466 e. The molecule has 0 aliphatic heterocycles. The highest BCUT2D eigenvalue weighted by Gasteiger charge is 2.21. The molecule has 21 heavy (non-hydrogen) atoms. The van der Waals surface area contributed by atoms with Crippen LogP contribution in [-0.4, -0.2) is 13.1 Å². The SMILES string of the molecule is COC(=O)/C=C1/C(c2ccccc2)=Cc2cc(Cl)ccc21. The van der Waals surface area contributed by atoms with E-state index in [0.717, 1.165) is 27.8 Å². The van der Waals surface area contributed by atoms with Crippen LogP contribution < -0.4 is 0 Å². The van der Waals surface area contributed by atoms with Gasteiger partial charge in [-0.3, -0.25) is 0 Å². The van der Waals surface area contributed by atoms with Gasteiger partial charge in [0.2, 0.25) is 0 Å². The summed E-state index contributed by atoms with van der Waals surface area (Å²) in [5.41, 5.74) is 4.91. The van der Waals surface area contributed by atoms with Crippen LogP contribution in [-0.2, 0) is 9.53 Å². The number of ether oxygens (including phenoxy) is 1. The minimum atomic E-state index is -0.366. The number of carbonyl (C=O) groups is 1. The van der Waals surface area contributed by atoms with Crippen LogP contribution in [0.15, 0.2) is 54.6 Å². The van der Waals surface area contributed by atoms with Gasteiger partial charge >= 0.3 is 5.97 Å². The lowest BCUT2D eigenvalue weighted by molar-refractivity contribution is -0.134. The Morgan fingerprint density at radius 3 is 2.62 bits per heavy atom. The molecule has 3 heteroatoms. The van der Waals surface area contributed by atoms with Gasteiger partial charge in [-0.1, -0.05) is 48.0 Å². The molecule has 0 N–H and O–H groups in total. The first-order valence-electron chi connectivity index (χ1n) is 6.56. The van der Waals surface area contributed by atoms with Crippen molar-refractivity contribution in [3.63, 3.8) is 0 Å². The molecule has 0 unspecified atom stereocenters. The number of halogens is 1. The van der Waals surface area contributed by atoms with E-state index >= 15 is 0 Å². The summed E-state index contributed by atoms with van der Waals surface area (Å²) in [6.07, 6.45) is 3.57. The maximum absolute atomic E-state index is 11.7.